The molecule has 4 nitrogen and oxygen atoms in total. The van der Waals surface area contributed by atoms with Crippen molar-refractivity contribution in [3.05, 3.63) is 11.1 Å². The average molecular weight is 240 g/mol. The van der Waals surface area contributed by atoms with E-state index in [1.54, 1.807) is 11.3 Å². The van der Waals surface area contributed by atoms with Crippen LogP contribution in [0.3, 0.4) is 0 Å². The lowest BCUT2D eigenvalue weighted by Crippen LogP contribution is -2.54. The van der Waals surface area contributed by atoms with E-state index < -0.39 is 0 Å². The van der Waals surface area contributed by atoms with Crippen LogP contribution in [0, 0.1) is 0 Å². The highest BCUT2D eigenvalue weighted by Gasteiger charge is 2.26. The first-order valence-corrected chi connectivity index (χ1v) is 6.52. The molecule has 1 aromatic heterocycles. The quantitative estimate of drug-likeness (QED) is 0.845. The minimum atomic E-state index is 0.601. The maximum atomic E-state index is 5.65. The molecular formula is C11H20N4S. The Morgan fingerprint density at radius 3 is 2.81 bits per heavy atom. The van der Waals surface area contributed by atoms with E-state index in [1.807, 2.05) is 6.20 Å². The molecule has 2 rings (SSSR count). The van der Waals surface area contributed by atoms with E-state index in [0.29, 0.717) is 17.2 Å². The highest BCUT2D eigenvalue weighted by Crippen LogP contribution is 2.21. The summed E-state index contributed by atoms with van der Waals surface area (Å²) >= 11 is 1.60. The van der Waals surface area contributed by atoms with E-state index in [9.17, 15) is 0 Å². The van der Waals surface area contributed by atoms with Gasteiger partial charge >= 0.3 is 0 Å². The SMILES string of the molecule is CC1CN(Cc2cnc(N)s2)C(C)CN1C. The van der Waals surface area contributed by atoms with Gasteiger partial charge in [0.15, 0.2) is 5.13 Å². The van der Waals surface area contributed by atoms with E-state index in [-0.39, 0.29) is 0 Å². The Bertz CT molecular complexity index is 352. The maximum Gasteiger partial charge on any atom is 0.180 e. The van der Waals surface area contributed by atoms with Crippen LogP contribution in [0.15, 0.2) is 6.20 Å². The first-order valence-electron chi connectivity index (χ1n) is 5.70. The number of nitrogens with zero attached hydrogens (tertiary/aromatic N) is 3. The van der Waals surface area contributed by atoms with Crippen LogP contribution in [0.1, 0.15) is 18.7 Å². The number of nitrogens with two attached hydrogens (primary N) is 1. The standard InChI is InChI=1S/C11H20N4S/c1-8-6-15(9(2)5-14(8)3)7-10-4-13-11(12)16-10/h4,8-9H,5-7H2,1-3H3,(H2,12,13). The first kappa shape index (κ1) is 11.8. The fraction of sp³-hybridized carbons (Fsp3) is 0.727. The Hall–Kier alpha value is -0.650. The maximum absolute atomic E-state index is 5.65. The number of hydrogen-bond acceptors (Lipinski definition) is 5. The monoisotopic (exact) mass is 240 g/mol. The summed E-state index contributed by atoms with van der Waals surface area (Å²) in [5.74, 6) is 0. The fourth-order valence-electron chi connectivity index (χ4n) is 2.19. The molecule has 2 N–H and O–H groups in total. The van der Waals surface area contributed by atoms with Crippen LogP contribution in [0.25, 0.3) is 0 Å². The predicted molar refractivity (Wildman–Crippen MR) is 68.5 cm³/mol. The molecule has 1 aromatic rings. The minimum Gasteiger partial charge on any atom is -0.375 e. The van der Waals surface area contributed by atoms with E-state index in [1.165, 1.54) is 4.88 Å². The predicted octanol–water partition coefficient (Wildman–Crippen LogP) is 1.25. The first-order chi connectivity index (χ1) is 7.56. The van der Waals surface area contributed by atoms with Crippen molar-refractivity contribution in [2.45, 2.75) is 32.5 Å². The molecule has 0 aliphatic carbocycles. The highest BCUT2D eigenvalue weighted by molar-refractivity contribution is 7.15. The highest BCUT2D eigenvalue weighted by atomic mass is 32.1. The van der Waals surface area contributed by atoms with Crippen molar-refractivity contribution < 1.29 is 0 Å². The molecule has 1 aliphatic heterocycles. The van der Waals surface area contributed by atoms with Crippen molar-refractivity contribution >= 4 is 16.5 Å². The molecule has 0 spiro atoms. The van der Waals surface area contributed by atoms with Gasteiger partial charge in [-0.15, -0.1) is 11.3 Å². The van der Waals surface area contributed by atoms with Gasteiger partial charge in [-0.05, 0) is 20.9 Å². The molecule has 2 heterocycles. The van der Waals surface area contributed by atoms with Gasteiger partial charge in [0.1, 0.15) is 0 Å². The number of hydrogen-bond donors (Lipinski definition) is 1. The van der Waals surface area contributed by atoms with Crippen molar-refractivity contribution in [1.82, 2.24) is 14.8 Å². The molecule has 0 amide bonds. The molecule has 2 unspecified atom stereocenters. The third-order valence-electron chi connectivity index (χ3n) is 3.36. The lowest BCUT2D eigenvalue weighted by Gasteiger charge is -2.42. The molecule has 16 heavy (non-hydrogen) atoms. The van der Waals surface area contributed by atoms with E-state index in [4.69, 9.17) is 5.73 Å². The normalized spacial score (nSPS) is 28.4. The zero-order valence-electron chi connectivity index (χ0n) is 10.2. The van der Waals surface area contributed by atoms with Crippen molar-refractivity contribution in [2.75, 3.05) is 25.9 Å². The van der Waals surface area contributed by atoms with Crippen LogP contribution in [-0.4, -0.2) is 47.0 Å². The minimum absolute atomic E-state index is 0.601. The number of thiazole rings is 1. The van der Waals surface area contributed by atoms with Gasteiger partial charge in [-0.25, -0.2) is 4.98 Å². The number of likely N-dealkylation sites (N-methyl/N-ethyl adjacent to an activating group) is 1. The van der Waals surface area contributed by atoms with Crippen LogP contribution < -0.4 is 5.73 Å². The van der Waals surface area contributed by atoms with Gasteiger partial charge in [-0.3, -0.25) is 4.90 Å². The van der Waals surface area contributed by atoms with Crippen molar-refractivity contribution in [1.29, 1.82) is 0 Å². The van der Waals surface area contributed by atoms with Crippen molar-refractivity contribution in [2.24, 2.45) is 0 Å². The molecule has 0 bridgehead atoms. The van der Waals surface area contributed by atoms with Gasteiger partial charge < -0.3 is 10.6 Å². The number of aromatic nitrogens is 1. The molecule has 0 saturated carbocycles. The summed E-state index contributed by atoms with van der Waals surface area (Å²) in [7, 11) is 2.20. The Morgan fingerprint density at radius 2 is 2.19 bits per heavy atom. The fourth-order valence-corrected chi connectivity index (χ4v) is 2.90. The van der Waals surface area contributed by atoms with Gasteiger partial charge in [0.2, 0.25) is 0 Å². The molecule has 90 valence electrons. The van der Waals surface area contributed by atoms with E-state index in [2.05, 4.69) is 35.7 Å². The molecule has 2 atom stereocenters. The summed E-state index contributed by atoms with van der Waals surface area (Å²) in [6.45, 7) is 7.80. The number of anilines is 1. The smallest absolute Gasteiger partial charge is 0.180 e. The van der Waals surface area contributed by atoms with Gasteiger partial charge in [0.05, 0.1) is 0 Å². The van der Waals surface area contributed by atoms with Crippen LogP contribution in [0.2, 0.25) is 0 Å². The molecule has 0 aromatic carbocycles. The van der Waals surface area contributed by atoms with Crippen LogP contribution >= 0.6 is 11.3 Å². The Balaban J connectivity index is 1.99. The molecule has 1 fully saturated rings. The van der Waals surface area contributed by atoms with Gasteiger partial charge in [-0.2, -0.15) is 0 Å². The Morgan fingerprint density at radius 1 is 1.44 bits per heavy atom. The third-order valence-corrected chi connectivity index (χ3v) is 4.17. The second kappa shape index (κ2) is 4.69. The lowest BCUT2D eigenvalue weighted by atomic mass is 10.1. The third kappa shape index (κ3) is 2.53. The second-order valence-electron chi connectivity index (χ2n) is 4.73. The number of rotatable bonds is 2. The lowest BCUT2D eigenvalue weighted by molar-refractivity contribution is 0.0552. The summed E-state index contributed by atoms with van der Waals surface area (Å²) in [6.07, 6.45) is 1.90. The topological polar surface area (TPSA) is 45.4 Å². The summed E-state index contributed by atoms with van der Waals surface area (Å²) in [5.41, 5.74) is 5.65. The Labute approximate surface area is 101 Å². The summed E-state index contributed by atoms with van der Waals surface area (Å²) in [6, 6.07) is 1.23. The van der Waals surface area contributed by atoms with Gasteiger partial charge in [0, 0.05) is 42.8 Å². The van der Waals surface area contributed by atoms with E-state index in [0.717, 1.165) is 19.6 Å². The number of nitrogen functional groups attached to an aromatic ring is 1. The zero-order valence-corrected chi connectivity index (χ0v) is 11.0. The van der Waals surface area contributed by atoms with Gasteiger partial charge in [-0.1, -0.05) is 0 Å². The molecular weight excluding hydrogens is 220 g/mol. The molecule has 5 heteroatoms. The Kier molecular flexibility index (Phi) is 3.47. The largest absolute Gasteiger partial charge is 0.375 e. The van der Waals surface area contributed by atoms with Crippen LogP contribution in [-0.2, 0) is 6.54 Å². The molecule has 1 aliphatic rings. The summed E-state index contributed by atoms with van der Waals surface area (Å²) in [5, 5.41) is 0.671. The van der Waals surface area contributed by atoms with Crippen molar-refractivity contribution in [3.8, 4) is 0 Å². The average Bonchev–Trinajstić information content (AvgIpc) is 2.60. The van der Waals surface area contributed by atoms with Crippen molar-refractivity contribution in [3.63, 3.8) is 0 Å². The van der Waals surface area contributed by atoms with Crippen LogP contribution in [0.4, 0.5) is 5.13 Å². The van der Waals surface area contributed by atoms with E-state index >= 15 is 0 Å². The summed E-state index contributed by atoms with van der Waals surface area (Å²) in [4.78, 5) is 10.3. The van der Waals surface area contributed by atoms with Gasteiger partial charge in [0.25, 0.3) is 0 Å². The molecule has 0 radical (unpaired) electrons. The zero-order chi connectivity index (χ0) is 11.7. The second-order valence-corrected chi connectivity index (χ2v) is 5.88. The number of piperazine rings is 1. The van der Waals surface area contributed by atoms with Crippen LogP contribution in [0.5, 0.6) is 0 Å². The molecule has 1 saturated heterocycles. The summed E-state index contributed by atoms with van der Waals surface area (Å²) < 4.78 is 0.